The van der Waals surface area contributed by atoms with Crippen molar-refractivity contribution >= 4 is 5.69 Å². The monoisotopic (exact) mass is 220 g/mol. The first-order valence-corrected chi connectivity index (χ1v) is 5.96. The fraction of sp³-hybridized carbons (Fsp3) is 0.538. The molecule has 2 rings (SSSR count). The molecule has 1 aliphatic heterocycles. The highest BCUT2D eigenvalue weighted by molar-refractivity contribution is 5.46. The van der Waals surface area contributed by atoms with Gasteiger partial charge >= 0.3 is 0 Å². The van der Waals surface area contributed by atoms with E-state index in [1.54, 1.807) is 0 Å². The topological polar surface area (TPSA) is 26.7 Å². The van der Waals surface area contributed by atoms with Crippen LogP contribution in [-0.2, 0) is 0 Å². The zero-order chi connectivity index (χ0) is 11.4. The van der Waals surface area contributed by atoms with E-state index in [1.165, 1.54) is 5.69 Å². The molecule has 1 aromatic rings. The van der Waals surface area contributed by atoms with Crippen LogP contribution in [-0.4, -0.2) is 48.8 Å². The highest BCUT2D eigenvalue weighted by atomic mass is 16.3. The van der Waals surface area contributed by atoms with E-state index in [4.69, 9.17) is 0 Å². The Morgan fingerprint density at radius 2 is 1.75 bits per heavy atom. The van der Waals surface area contributed by atoms with Crippen LogP contribution in [0, 0.1) is 0 Å². The summed E-state index contributed by atoms with van der Waals surface area (Å²) in [5.41, 5.74) is 1.30. The van der Waals surface area contributed by atoms with Gasteiger partial charge in [0.15, 0.2) is 0 Å². The molecule has 0 aliphatic carbocycles. The average molecular weight is 220 g/mol. The molecule has 16 heavy (non-hydrogen) atoms. The predicted molar refractivity (Wildman–Crippen MR) is 66.8 cm³/mol. The van der Waals surface area contributed by atoms with E-state index in [0.29, 0.717) is 0 Å². The molecule has 1 heterocycles. The molecule has 3 nitrogen and oxygen atoms in total. The van der Waals surface area contributed by atoms with Crippen LogP contribution >= 0.6 is 0 Å². The van der Waals surface area contributed by atoms with Crippen LogP contribution < -0.4 is 4.90 Å². The van der Waals surface area contributed by atoms with E-state index in [9.17, 15) is 5.11 Å². The molecule has 0 amide bonds. The fourth-order valence-electron chi connectivity index (χ4n) is 2.20. The Hall–Kier alpha value is -1.06. The standard InChI is InChI=1S/C13H20N2O/c1-12(16)11-14-7-9-15(10-8-14)13-5-3-2-4-6-13/h2-6,12,16H,7-11H2,1H3/t12-/m1/s1. The van der Waals surface area contributed by atoms with Crippen LogP contribution in [0.1, 0.15) is 6.92 Å². The van der Waals surface area contributed by atoms with Crippen LogP contribution in [0.25, 0.3) is 0 Å². The summed E-state index contributed by atoms with van der Waals surface area (Å²) in [6.07, 6.45) is -0.219. The number of hydrogen-bond donors (Lipinski definition) is 1. The number of β-amino-alcohol motifs (C(OH)–C–C–N with tert-alkyl or cyclic N) is 1. The summed E-state index contributed by atoms with van der Waals surface area (Å²) in [5, 5.41) is 9.33. The van der Waals surface area contributed by atoms with Crippen molar-refractivity contribution in [2.75, 3.05) is 37.6 Å². The van der Waals surface area contributed by atoms with Crippen molar-refractivity contribution in [2.24, 2.45) is 0 Å². The Morgan fingerprint density at radius 3 is 2.31 bits per heavy atom. The molecule has 0 spiro atoms. The molecule has 0 bridgehead atoms. The largest absolute Gasteiger partial charge is 0.392 e. The molecule has 1 saturated heterocycles. The number of benzene rings is 1. The number of rotatable bonds is 3. The number of nitrogens with zero attached hydrogens (tertiary/aromatic N) is 2. The predicted octanol–water partition coefficient (Wildman–Crippen LogP) is 1.19. The molecule has 88 valence electrons. The van der Waals surface area contributed by atoms with Gasteiger partial charge in [-0.05, 0) is 19.1 Å². The summed E-state index contributed by atoms with van der Waals surface area (Å²) in [7, 11) is 0. The summed E-state index contributed by atoms with van der Waals surface area (Å²) in [4.78, 5) is 4.72. The van der Waals surface area contributed by atoms with E-state index >= 15 is 0 Å². The Labute approximate surface area is 97.3 Å². The van der Waals surface area contributed by atoms with Crippen molar-refractivity contribution in [3.8, 4) is 0 Å². The fourth-order valence-corrected chi connectivity index (χ4v) is 2.20. The Bertz CT molecular complexity index is 305. The van der Waals surface area contributed by atoms with Gasteiger partial charge in [-0.3, -0.25) is 4.90 Å². The molecule has 3 heteroatoms. The van der Waals surface area contributed by atoms with Gasteiger partial charge in [0.2, 0.25) is 0 Å². The maximum Gasteiger partial charge on any atom is 0.0639 e. The van der Waals surface area contributed by atoms with Gasteiger partial charge < -0.3 is 10.0 Å². The third-order valence-electron chi connectivity index (χ3n) is 3.02. The quantitative estimate of drug-likeness (QED) is 0.829. The lowest BCUT2D eigenvalue weighted by Crippen LogP contribution is -2.48. The van der Waals surface area contributed by atoms with Gasteiger partial charge in [0.05, 0.1) is 6.10 Å². The first kappa shape index (κ1) is 11.4. The SMILES string of the molecule is C[C@@H](O)CN1CCN(c2ccccc2)CC1. The minimum absolute atomic E-state index is 0.219. The molecule has 1 atom stereocenters. The zero-order valence-corrected chi connectivity index (χ0v) is 9.84. The van der Waals surface area contributed by atoms with Gasteiger partial charge in [-0.15, -0.1) is 0 Å². The molecule has 1 fully saturated rings. The van der Waals surface area contributed by atoms with E-state index in [-0.39, 0.29) is 6.10 Å². The maximum absolute atomic E-state index is 9.33. The lowest BCUT2D eigenvalue weighted by molar-refractivity contribution is 0.123. The molecular weight excluding hydrogens is 200 g/mol. The van der Waals surface area contributed by atoms with Crippen LogP contribution in [0.3, 0.4) is 0 Å². The van der Waals surface area contributed by atoms with Crippen molar-refractivity contribution in [2.45, 2.75) is 13.0 Å². The van der Waals surface area contributed by atoms with Gasteiger partial charge in [0.25, 0.3) is 0 Å². The Kier molecular flexibility index (Phi) is 3.80. The summed E-state index contributed by atoms with van der Waals surface area (Å²) in [5.74, 6) is 0. The summed E-state index contributed by atoms with van der Waals surface area (Å²) >= 11 is 0. The van der Waals surface area contributed by atoms with Crippen molar-refractivity contribution in [3.05, 3.63) is 30.3 Å². The lowest BCUT2D eigenvalue weighted by atomic mass is 10.2. The number of aliphatic hydroxyl groups is 1. The highest BCUT2D eigenvalue weighted by Gasteiger charge is 2.17. The maximum atomic E-state index is 9.33. The number of aliphatic hydroxyl groups excluding tert-OH is 1. The first-order valence-electron chi connectivity index (χ1n) is 5.96. The van der Waals surface area contributed by atoms with Gasteiger partial charge in [0.1, 0.15) is 0 Å². The molecule has 0 aromatic heterocycles. The van der Waals surface area contributed by atoms with Crippen LogP contribution in [0.4, 0.5) is 5.69 Å². The van der Waals surface area contributed by atoms with Crippen molar-refractivity contribution in [1.29, 1.82) is 0 Å². The van der Waals surface area contributed by atoms with Gasteiger partial charge in [0, 0.05) is 38.4 Å². The van der Waals surface area contributed by atoms with E-state index in [0.717, 1.165) is 32.7 Å². The smallest absolute Gasteiger partial charge is 0.0639 e. The normalized spacial score (nSPS) is 19.8. The number of hydrogen-bond acceptors (Lipinski definition) is 3. The zero-order valence-electron chi connectivity index (χ0n) is 9.84. The second-order valence-corrected chi connectivity index (χ2v) is 4.47. The minimum atomic E-state index is -0.219. The Morgan fingerprint density at radius 1 is 1.12 bits per heavy atom. The summed E-state index contributed by atoms with van der Waals surface area (Å²) < 4.78 is 0. The second-order valence-electron chi connectivity index (χ2n) is 4.47. The highest BCUT2D eigenvalue weighted by Crippen LogP contribution is 2.15. The average Bonchev–Trinajstić information content (AvgIpc) is 2.30. The molecule has 0 unspecified atom stereocenters. The van der Waals surface area contributed by atoms with Gasteiger partial charge in [-0.25, -0.2) is 0 Å². The van der Waals surface area contributed by atoms with Crippen molar-refractivity contribution in [1.82, 2.24) is 4.90 Å². The summed E-state index contributed by atoms with van der Waals surface area (Å²) in [6.45, 7) is 6.83. The van der Waals surface area contributed by atoms with Crippen LogP contribution in [0.2, 0.25) is 0 Å². The van der Waals surface area contributed by atoms with Crippen LogP contribution in [0.15, 0.2) is 30.3 Å². The number of piperazine rings is 1. The summed E-state index contributed by atoms with van der Waals surface area (Å²) in [6, 6.07) is 10.5. The van der Waals surface area contributed by atoms with Crippen molar-refractivity contribution in [3.63, 3.8) is 0 Å². The van der Waals surface area contributed by atoms with Gasteiger partial charge in [-0.1, -0.05) is 18.2 Å². The number of anilines is 1. The molecule has 1 aromatic carbocycles. The van der Waals surface area contributed by atoms with Crippen molar-refractivity contribution < 1.29 is 5.11 Å². The van der Waals surface area contributed by atoms with E-state index < -0.39 is 0 Å². The lowest BCUT2D eigenvalue weighted by Gasteiger charge is -2.36. The Balaban J connectivity index is 1.86. The van der Waals surface area contributed by atoms with E-state index in [1.807, 2.05) is 13.0 Å². The molecule has 0 saturated carbocycles. The number of para-hydroxylation sites is 1. The first-order chi connectivity index (χ1) is 7.75. The third kappa shape index (κ3) is 2.97. The van der Waals surface area contributed by atoms with Gasteiger partial charge in [-0.2, -0.15) is 0 Å². The molecule has 1 aliphatic rings. The minimum Gasteiger partial charge on any atom is -0.392 e. The van der Waals surface area contributed by atoms with Crippen LogP contribution in [0.5, 0.6) is 0 Å². The third-order valence-corrected chi connectivity index (χ3v) is 3.02. The van der Waals surface area contributed by atoms with E-state index in [2.05, 4.69) is 34.1 Å². The molecule has 0 radical (unpaired) electrons. The molecular formula is C13H20N2O. The second kappa shape index (κ2) is 5.32. The molecule has 1 N–H and O–H groups in total.